The summed E-state index contributed by atoms with van der Waals surface area (Å²) in [5.41, 5.74) is 2.66. The predicted molar refractivity (Wildman–Crippen MR) is 103 cm³/mol. The van der Waals surface area contributed by atoms with Crippen LogP contribution in [0.5, 0.6) is 5.75 Å². The Kier molecular flexibility index (Phi) is 6.98. The van der Waals surface area contributed by atoms with Gasteiger partial charge in [0, 0.05) is 5.69 Å². The largest absolute Gasteiger partial charge is 0.493 e. The van der Waals surface area contributed by atoms with E-state index in [1.807, 2.05) is 31.2 Å². The fourth-order valence-electron chi connectivity index (χ4n) is 2.80. The Morgan fingerprint density at radius 2 is 1.71 bits per heavy atom. The monoisotopic (exact) mass is 387 g/mol. The van der Waals surface area contributed by atoms with Crippen LogP contribution in [0.25, 0.3) is 0 Å². The molecule has 1 aromatic heterocycles. The van der Waals surface area contributed by atoms with Crippen LogP contribution in [0.15, 0.2) is 24.3 Å². The molecule has 0 aliphatic heterocycles. The Hall–Kier alpha value is -3.09. The quantitative estimate of drug-likeness (QED) is 0.552. The number of aromatic nitrogens is 1. The predicted octanol–water partition coefficient (Wildman–Crippen LogP) is 3.31. The van der Waals surface area contributed by atoms with Gasteiger partial charge in [0.15, 0.2) is 6.10 Å². The lowest BCUT2D eigenvalue weighted by atomic mass is 10.1. The highest BCUT2D eigenvalue weighted by molar-refractivity contribution is 6.03. The third kappa shape index (κ3) is 5.00. The molecule has 0 spiro atoms. The van der Waals surface area contributed by atoms with Crippen LogP contribution in [0.4, 0.5) is 0 Å². The zero-order valence-electron chi connectivity index (χ0n) is 16.8. The number of H-pyrrole nitrogens is 1. The van der Waals surface area contributed by atoms with Gasteiger partial charge in [0.2, 0.25) is 5.78 Å². The molecule has 0 saturated carbocycles. The van der Waals surface area contributed by atoms with Crippen LogP contribution in [0.2, 0.25) is 0 Å². The number of hydrogen-bond acceptors (Lipinski definition) is 6. The van der Waals surface area contributed by atoms with Crippen molar-refractivity contribution in [2.75, 3.05) is 13.7 Å². The molecule has 0 aliphatic rings. The fourth-order valence-corrected chi connectivity index (χ4v) is 2.80. The number of aryl methyl sites for hydroxylation is 2. The van der Waals surface area contributed by atoms with Crippen molar-refractivity contribution in [2.24, 2.45) is 0 Å². The molecule has 0 saturated heterocycles. The van der Waals surface area contributed by atoms with Gasteiger partial charge in [-0.1, -0.05) is 17.7 Å². The smallest absolute Gasteiger partial charge is 0.339 e. The zero-order chi connectivity index (χ0) is 20.8. The number of hydrogen-bond donors (Lipinski definition) is 1. The molecule has 28 heavy (non-hydrogen) atoms. The van der Waals surface area contributed by atoms with Gasteiger partial charge in [-0.05, 0) is 45.4 Å². The summed E-state index contributed by atoms with van der Waals surface area (Å²) in [6.07, 6.45) is -0.976. The van der Waals surface area contributed by atoms with Gasteiger partial charge in [-0.3, -0.25) is 9.59 Å². The Morgan fingerprint density at radius 1 is 1.07 bits per heavy atom. The molecule has 0 radical (unpaired) electrons. The molecule has 2 aromatic rings. The molecule has 1 atom stereocenters. The Bertz CT molecular complexity index is 866. The summed E-state index contributed by atoms with van der Waals surface area (Å²) in [4.78, 5) is 39.3. The topological polar surface area (TPSA) is 94.7 Å². The first-order valence-electron chi connectivity index (χ1n) is 8.95. The van der Waals surface area contributed by atoms with E-state index in [0.29, 0.717) is 22.6 Å². The number of Topliss-reactive ketones (excluding diaryl/α,β-unsaturated/α-hetero) is 1. The van der Waals surface area contributed by atoms with Gasteiger partial charge in [0.05, 0.1) is 31.4 Å². The third-order valence-corrected chi connectivity index (χ3v) is 4.35. The molecule has 1 N–H and O–H groups in total. The second kappa shape index (κ2) is 9.21. The highest BCUT2D eigenvalue weighted by Crippen LogP contribution is 2.21. The van der Waals surface area contributed by atoms with E-state index in [1.54, 1.807) is 13.8 Å². The van der Waals surface area contributed by atoms with E-state index >= 15 is 0 Å². The first-order valence-corrected chi connectivity index (χ1v) is 8.95. The maximum absolute atomic E-state index is 12.6. The molecule has 0 aliphatic carbocycles. The van der Waals surface area contributed by atoms with Gasteiger partial charge in [-0.15, -0.1) is 0 Å². The first kappa shape index (κ1) is 21.2. The zero-order valence-corrected chi connectivity index (χ0v) is 16.8. The standard InChI is InChI=1S/C21H25NO6/c1-12-6-8-16(9-7-12)27-11-10-17(23)28-15(4)20(24)19-13(2)18(14(3)22-19)21(25)26-5/h6-9,15,22H,10-11H2,1-5H3/t15-/m0/s1. The van der Waals surface area contributed by atoms with E-state index in [9.17, 15) is 14.4 Å². The number of benzene rings is 1. The van der Waals surface area contributed by atoms with Gasteiger partial charge < -0.3 is 19.2 Å². The number of methoxy groups -OCH3 is 1. The van der Waals surface area contributed by atoms with E-state index in [0.717, 1.165) is 5.56 Å². The molecule has 2 rings (SSSR count). The second-order valence-electron chi connectivity index (χ2n) is 6.52. The number of ketones is 1. The fraction of sp³-hybridized carbons (Fsp3) is 0.381. The summed E-state index contributed by atoms with van der Waals surface area (Å²) in [5, 5.41) is 0. The summed E-state index contributed by atoms with van der Waals surface area (Å²) in [6, 6.07) is 7.47. The molecule has 0 unspecified atom stereocenters. The van der Waals surface area contributed by atoms with Crippen molar-refractivity contribution in [3.8, 4) is 5.75 Å². The van der Waals surface area contributed by atoms with Crippen molar-refractivity contribution in [3.63, 3.8) is 0 Å². The van der Waals surface area contributed by atoms with Gasteiger partial charge in [-0.2, -0.15) is 0 Å². The minimum Gasteiger partial charge on any atom is -0.493 e. The van der Waals surface area contributed by atoms with Crippen molar-refractivity contribution >= 4 is 17.7 Å². The highest BCUT2D eigenvalue weighted by Gasteiger charge is 2.27. The lowest BCUT2D eigenvalue weighted by Gasteiger charge is -2.12. The number of carbonyl (C=O) groups is 3. The average Bonchev–Trinajstić information content (AvgIpc) is 2.96. The molecule has 150 valence electrons. The SMILES string of the molecule is COC(=O)c1c(C)[nH]c(C(=O)[C@H](C)OC(=O)CCOc2ccc(C)cc2)c1C. The molecule has 0 fully saturated rings. The highest BCUT2D eigenvalue weighted by atomic mass is 16.5. The van der Waals surface area contributed by atoms with Crippen LogP contribution in [-0.2, 0) is 14.3 Å². The molecule has 7 nitrogen and oxygen atoms in total. The number of esters is 2. The van der Waals surface area contributed by atoms with Crippen molar-refractivity contribution in [3.05, 3.63) is 52.3 Å². The van der Waals surface area contributed by atoms with Gasteiger partial charge in [-0.25, -0.2) is 4.79 Å². The maximum atomic E-state index is 12.6. The second-order valence-corrected chi connectivity index (χ2v) is 6.52. The third-order valence-electron chi connectivity index (χ3n) is 4.35. The van der Waals surface area contributed by atoms with Crippen LogP contribution in [0.3, 0.4) is 0 Å². The van der Waals surface area contributed by atoms with Crippen molar-refractivity contribution in [1.29, 1.82) is 0 Å². The molecule has 0 bridgehead atoms. The minimum absolute atomic E-state index is 0.0155. The number of nitrogens with one attached hydrogen (secondary N) is 1. The molecular weight excluding hydrogens is 362 g/mol. The summed E-state index contributed by atoms with van der Waals surface area (Å²) >= 11 is 0. The molecular formula is C21H25NO6. The average molecular weight is 387 g/mol. The Morgan fingerprint density at radius 3 is 2.32 bits per heavy atom. The summed E-state index contributed by atoms with van der Waals surface area (Å²) < 4.78 is 15.4. The molecule has 1 heterocycles. The number of aromatic amines is 1. The number of ether oxygens (including phenoxy) is 3. The summed E-state index contributed by atoms with van der Waals surface area (Å²) in [7, 11) is 1.28. The van der Waals surface area contributed by atoms with Gasteiger partial charge in [0.1, 0.15) is 5.75 Å². The number of carbonyl (C=O) groups excluding carboxylic acids is 3. The summed E-state index contributed by atoms with van der Waals surface area (Å²) in [6.45, 7) is 6.94. The van der Waals surface area contributed by atoms with Gasteiger partial charge >= 0.3 is 11.9 Å². The van der Waals surface area contributed by atoms with Crippen LogP contribution in [0, 0.1) is 20.8 Å². The lowest BCUT2D eigenvalue weighted by Crippen LogP contribution is -2.26. The lowest BCUT2D eigenvalue weighted by molar-refractivity contribution is -0.146. The van der Waals surface area contributed by atoms with Crippen LogP contribution >= 0.6 is 0 Å². The molecule has 1 aromatic carbocycles. The van der Waals surface area contributed by atoms with Crippen LogP contribution < -0.4 is 4.74 Å². The van der Waals surface area contributed by atoms with Crippen molar-refractivity contribution in [1.82, 2.24) is 4.98 Å². The van der Waals surface area contributed by atoms with Crippen molar-refractivity contribution < 1.29 is 28.6 Å². The minimum atomic E-state index is -0.992. The van der Waals surface area contributed by atoms with Crippen LogP contribution in [0.1, 0.15) is 51.0 Å². The Balaban J connectivity index is 1.92. The molecule has 7 heteroatoms. The normalized spacial score (nSPS) is 11.6. The van der Waals surface area contributed by atoms with E-state index in [1.165, 1.54) is 14.0 Å². The van der Waals surface area contributed by atoms with E-state index < -0.39 is 23.8 Å². The Labute approximate surface area is 164 Å². The van der Waals surface area contributed by atoms with E-state index in [-0.39, 0.29) is 18.7 Å². The maximum Gasteiger partial charge on any atom is 0.339 e. The van der Waals surface area contributed by atoms with Crippen molar-refractivity contribution in [2.45, 2.75) is 40.2 Å². The van der Waals surface area contributed by atoms with Crippen LogP contribution in [-0.4, -0.2) is 42.5 Å². The van der Waals surface area contributed by atoms with Gasteiger partial charge in [0.25, 0.3) is 0 Å². The number of rotatable bonds is 8. The van der Waals surface area contributed by atoms with E-state index in [2.05, 4.69) is 4.98 Å². The molecule has 0 amide bonds. The van der Waals surface area contributed by atoms with E-state index in [4.69, 9.17) is 14.2 Å². The summed E-state index contributed by atoms with van der Waals surface area (Å²) in [5.74, 6) is -0.816. The first-order chi connectivity index (χ1) is 13.2.